The quantitative estimate of drug-likeness (QED) is 0.520. The Kier molecular flexibility index (Phi) is 6.54. The Balaban J connectivity index is 1.62. The average Bonchev–Trinajstić information content (AvgIpc) is 2.89. The number of nitrogens with zero attached hydrogens (tertiary/aromatic N) is 1. The smallest absolute Gasteiger partial charge is 0.264 e. The van der Waals surface area contributed by atoms with E-state index in [1.54, 1.807) is 13.0 Å². The van der Waals surface area contributed by atoms with Gasteiger partial charge in [-0.2, -0.15) is 0 Å². The van der Waals surface area contributed by atoms with Crippen molar-refractivity contribution < 1.29 is 31.9 Å². The second kappa shape index (κ2) is 9.54. The van der Waals surface area contributed by atoms with Gasteiger partial charge in [0.25, 0.3) is 11.8 Å². The van der Waals surface area contributed by atoms with Crippen molar-refractivity contribution in [2.24, 2.45) is 0 Å². The van der Waals surface area contributed by atoms with Crippen LogP contribution in [0.5, 0.6) is 5.75 Å². The predicted molar refractivity (Wildman–Crippen MR) is 116 cm³/mol. The Bertz CT molecular complexity index is 1220. The van der Waals surface area contributed by atoms with Gasteiger partial charge in [-0.05, 0) is 54.4 Å². The third-order valence-electron chi connectivity index (χ3n) is 5.39. The number of rotatable bonds is 5. The van der Waals surface area contributed by atoms with Crippen LogP contribution in [-0.2, 0) is 17.9 Å². The van der Waals surface area contributed by atoms with Crippen LogP contribution >= 0.6 is 0 Å². The molecule has 34 heavy (non-hydrogen) atoms. The first kappa shape index (κ1) is 23.3. The molecule has 0 aliphatic carbocycles. The van der Waals surface area contributed by atoms with Crippen LogP contribution in [0.25, 0.3) is 0 Å². The van der Waals surface area contributed by atoms with Crippen LogP contribution in [0.15, 0.2) is 54.6 Å². The number of amides is 2. The second-order valence-electron chi connectivity index (χ2n) is 7.86. The molecule has 0 bridgehead atoms. The molecule has 2 amide bonds. The van der Waals surface area contributed by atoms with Crippen LogP contribution in [0.2, 0.25) is 0 Å². The molecule has 0 saturated heterocycles. The second-order valence-corrected chi connectivity index (χ2v) is 7.86. The molecular formula is C25H20F4N2O3. The summed E-state index contributed by atoms with van der Waals surface area (Å²) in [6, 6.07) is 10.7. The van der Waals surface area contributed by atoms with Crippen LogP contribution in [0, 0.1) is 23.3 Å². The number of benzene rings is 3. The lowest BCUT2D eigenvalue weighted by molar-refractivity contribution is -0.139. The molecule has 1 atom stereocenters. The summed E-state index contributed by atoms with van der Waals surface area (Å²) in [6.45, 7) is 1.73. The van der Waals surface area contributed by atoms with E-state index < -0.39 is 40.8 Å². The zero-order valence-electron chi connectivity index (χ0n) is 18.1. The molecule has 0 aromatic heterocycles. The number of carbonyl (C=O) groups excluding carboxylic acids is 2. The Labute approximate surface area is 193 Å². The predicted octanol–water partition coefficient (Wildman–Crippen LogP) is 5.20. The van der Waals surface area contributed by atoms with E-state index in [1.165, 1.54) is 17.0 Å². The standard InChI is InChI=1S/C25H20F4N2O3/c1-2-21-25(33)31(12-14-8-16(26)11-17(27)9-14)13-15-10-18(6-7-22(15)34-21)30-24(32)23-19(28)4-3-5-20(23)29/h3-11,21H,2,12-13H2,1H3,(H,30,32). The van der Waals surface area contributed by atoms with Crippen LogP contribution in [0.3, 0.4) is 0 Å². The van der Waals surface area contributed by atoms with Crippen molar-refractivity contribution in [3.63, 3.8) is 0 Å². The fraction of sp³-hybridized carbons (Fsp3) is 0.200. The molecule has 9 heteroatoms. The van der Waals surface area contributed by atoms with Gasteiger partial charge in [0, 0.05) is 30.4 Å². The van der Waals surface area contributed by atoms with E-state index in [9.17, 15) is 27.2 Å². The van der Waals surface area contributed by atoms with Gasteiger partial charge in [0.1, 0.15) is 34.6 Å². The minimum absolute atomic E-state index is 0.0283. The maximum absolute atomic E-state index is 14.0. The SMILES string of the molecule is CCC1Oc2ccc(NC(=O)c3c(F)cccc3F)cc2CN(Cc2cc(F)cc(F)c2)C1=O. The number of carbonyl (C=O) groups is 2. The third kappa shape index (κ3) is 4.88. The Hall–Kier alpha value is -3.88. The van der Waals surface area contributed by atoms with E-state index in [1.807, 2.05) is 0 Å². The summed E-state index contributed by atoms with van der Waals surface area (Å²) in [5, 5.41) is 2.45. The van der Waals surface area contributed by atoms with Gasteiger partial charge < -0.3 is 15.0 Å². The highest BCUT2D eigenvalue weighted by Crippen LogP contribution is 2.30. The normalized spacial score (nSPS) is 15.4. The molecule has 5 nitrogen and oxygen atoms in total. The number of fused-ring (bicyclic) bond motifs is 1. The highest BCUT2D eigenvalue weighted by Gasteiger charge is 2.30. The summed E-state index contributed by atoms with van der Waals surface area (Å²) < 4.78 is 61.1. The molecule has 0 radical (unpaired) electrons. The number of hydrogen-bond donors (Lipinski definition) is 1. The zero-order chi connectivity index (χ0) is 24.4. The Morgan fingerprint density at radius 2 is 1.71 bits per heavy atom. The lowest BCUT2D eigenvalue weighted by Gasteiger charge is -2.23. The van der Waals surface area contributed by atoms with Crippen molar-refractivity contribution in [1.29, 1.82) is 0 Å². The van der Waals surface area contributed by atoms with Crippen molar-refractivity contribution in [1.82, 2.24) is 4.90 Å². The summed E-state index contributed by atoms with van der Waals surface area (Å²) in [6.07, 6.45) is -0.454. The van der Waals surface area contributed by atoms with Gasteiger partial charge in [-0.3, -0.25) is 9.59 Å². The Morgan fingerprint density at radius 1 is 1.03 bits per heavy atom. The molecule has 176 valence electrons. The van der Waals surface area contributed by atoms with Crippen molar-refractivity contribution in [2.45, 2.75) is 32.5 Å². The lowest BCUT2D eigenvalue weighted by Crippen LogP contribution is -2.38. The van der Waals surface area contributed by atoms with E-state index in [2.05, 4.69) is 5.32 Å². The summed E-state index contributed by atoms with van der Waals surface area (Å²) in [4.78, 5) is 26.9. The monoisotopic (exact) mass is 472 g/mol. The summed E-state index contributed by atoms with van der Waals surface area (Å²) >= 11 is 0. The van der Waals surface area contributed by atoms with E-state index in [0.29, 0.717) is 17.7 Å². The molecule has 1 unspecified atom stereocenters. The maximum atomic E-state index is 14.0. The minimum atomic E-state index is -1.000. The fourth-order valence-corrected chi connectivity index (χ4v) is 3.81. The summed E-state index contributed by atoms with van der Waals surface area (Å²) in [5.41, 5.74) is 0.287. The molecule has 4 rings (SSSR count). The van der Waals surface area contributed by atoms with Crippen LogP contribution < -0.4 is 10.1 Å². The molecule has 0 spiro atoms. The van der Waals surface area contributed by atoms with Crippen molar-refractivity contribution in [2.75, 3.05) is 5.32 Å². The number of anilines is 1. The maximum Gasteiger partial charge on any atom is 0.264 e. The summed E-state index contributed by atoms with van der Waals surface area (Å²) in [7, 11) is 0. The van der Waals surface area contributed by atoms with Crippen molar-refractivity contribution in [3.05, 3.63) is 94.6 Å². The molecule has 3 aromatic carbocycles. The number of nitrogens with one attached hydrogen (secondary N) is 1. The van der Waals surface area contributed by atoms with Gasteiger partial charge in [0.05, 0.1) is 0 Å². The molecule has 0 saturated carbocycles. The van der Waals surface area contributed by atoms with Crippen LogP contribution in [0.4, 0.5) is 23.2 Å². The highest BCUT2D eigenvalue weighted by molar-refractivity contribution is 6.04. The van der Waals surface area contributed by atoms with Gasteiger partial charge in [-0.1, -0.05) is 13.0 Å². The lowest BCUT2D eigenvalue weighted by atomic mass is 10.1. The van der Waals surface area contributed by atoms with Gasteiger partial charge in [0.2, 0.25) is 0 Å². The van der Waals surface area contributed by atoms with E-state index >= 15 is 0 Å². The first-order chi connectivity index (χ1) is 16.2. The molecule has 1 heterocycles. The summed E-state index contributed by atoms with van der Waals surface area (Å²) in [5.74, 6) is -4.45. The van der Waals surface area contributed by atoms with Crippen LogP contribution in [-0.4, -0.2) is 22.8 Å². The molecule has 1 aliphatic heterocycles. The third-order valence-corrected chi connectivity index (χ3v) is 5.39. The van der Waals surface area contributed by atoms with Crippen molar-refractivity contribution >= 4 is 17.5 Å². The highest BCUT2D eigenvalue weighted by atomic mass is 19.1. The zero-order valence-corrected chi connectivity index (χ0v) is 18.1. The molecule has 1 aliphatic rings. The molecule has 0 fully saturated rings. The molecule has 3 aromatic rings. The fourth-order valence-electron chi connectivity index (χ4n) is 3.81. The van der Waals surface area contributed by atoms with E-state index in [4.69, 9.17) is 4.74 Å². The minimum Gasteiger partial charge on any atom is -0.480 e. The van der Waals surface area contributed by atoms with Gasteiger partial charge in [0.15, 0.2) is 6.10 Å². The van der Waals surface area contributed by atoms with Crippen molar-refractivity contribution in [3.8, 4) is 5.75 Å². The largest absolute Gasteiger partial charge is 0.480 e. The first-order valence-corrected chi connectivity index (χ1v) is 10.5. The number of ether oxygens (including phenoxy) is 1. The van der Waals surface area contributed by atoms with E-state index in [0.717, 1.165) is 36.4 Å². The number of hydrogen-bond acceptors (Lipinski definition) is 3. The van der Waals surface area contributed by atoms with Gasteiger partial charge >= 0.3 is 0 Å². The van der Waals surface area contributed by atoms with E-state index in [-0.39, 0.29) is 30.2 Å². The van der Waals surface area contributed by atoms with Gasteiger partial charge in [-0.25, -0.2) is 17.6 Å². The van der Waals surface area contributed by atoms with Crippen LogP contribution in [0.1, 0.15) is 34.8 Å². The molecular weight excluding hydrogens is 452 g/mol. The Morgan fingerprint density at radius 3 is 2.35 bits per heavy atom. The average molecular weight is 472 g/mol. The molecule has 1 N–H and O–H groups in total. The first-order valence-electron chi connectivity index (χ1n) is 10.5. The topological polar surface area (TPSA) is 58.6 Å². The van der Waals surface area contributed by atoms with Gasteiger partial charge in [-0.15, -0.1) is 0 Å². The number of halogens is 4.